The Hall–Kier alpha value is -2.64. The van der Waals surface area contributed by atoms with Crippen molar-refractivity contribution in [1.29, 1.82) is 0 Å². The molecule has 0 atom stereocenters. The van der Waals surface area contributed by atoms with Crippen LogP contribution in [0.5, 0.6) is 5.75 Å². The van der Waals surface area contributed by atoms with E-state index in [0.717, 1.165) is 27.3 Å². The molecule has 0 aliphatic carbocycles. The van der Waals surface area contributed by atoms with Gasteiger partial charge < -0.3 is 9.84 Å². The van der Waals surface area contributed by atoms with E-state index in [4.69, 9.17) is 4.74 Å². The average Bonchev–Trinajstić information content (AvgIpc) is 3.08. The first kappa shape index (κ1) is 21.1. The summed E-state index contributed by atoms with van der Waals surface area (Å²) >= 11 is 1.09. The normalized spacial score (nSPS) is 11.4. The molecule has 0 unspecified atom stereocenters. The standard InChI is InChI=1S/C22H22O5S2/c1-13-10-18(27-4)14(2)15(3)21(13)29(25,26)12-17-11-19(28-20(17)22(23)24)16-8-6-5-7-9-16/h5-11H,12H2,1-4H3,(H,23,24). The van der Waals surface area contributed by atoms with Crippen LogP contribution in [0.1, 0.15) is 31.9 Å². The average molecular weight is 431 g/mol. The van der Waals surface area contributed by atoms with Gasteiger partial charge in [0.15, 0.2) is 9.84 Å². The Morgan fingerprint density at radius 1 is 1.07 bits per heavy atom. The van der Waals surface area contributed by atoms with Crippen molar-refractivity contribution in [2.24, 2.45) is 0 Å². The molecule has 0 bridgehead atoms. The highest BCUT2D eigenvalue weighted by molar-refractivity contribution is 7.90. The van der Waals surface area contributed by atoms with E-state index in [2.05, 4.69) is 0 Å². The molecule has 1 aromatic heterocycles. The molecule has 1 heterocycles. The number of carbonyl (C=O) groups is 1. The van der Waals surface area contributed by atoms with Crippen LogP contribution in [-0.4, -0.2) is 26.6 Å². The lowest BCUT2D eigenvalue weighted by molar-refractivity contribution is 0.0701. The number of thiophene rings is 1. The molecule has 1 N–H and O–H groups in total. The maximum atomic E-state index is 13.3. The summed E-state index contributed by atoms with van der Waals surface area (Å²) in [5.41, 5.74) is 3.12. The molecular weight excluding hydrogens is 408 g/mol. The highest BCUT2D eigenvalue weighted by atomic mass is 32.2. The number of hydrogen-bond acceptors (Lipinski definition) is 5. The Balaban J connectivity index is 2.09. The molecule has 5 nitrogen and oxygen atoms in total. The lowest BCUT2D eigenvalue weighted by atomic mass is 10.1. The molecular formula is C22H22O5S2. The van der Waals surface area contributed by atoms with E-state index in [9.17, 15) is 18.3 Å². The van der Waals surface area contributed by atoms with Crippen molar-refractivity contribution >= 4 is 27.1 Å². The molecule has 0 aliphatic rings. The van der Waals surface area contributed by atoms with E-state index in [0.29, 0.717) is 22.4 Å². The maximum Gasteiger partial charge on any atom is 0.346 e. The molecule has 7 heteroatoms. The Labute approximate surface area is 174 Å². The number of rotatable bonds is 6. The molecule has 2 aromatic carbocycles. The summed E-state index contributed by atoms with van der Waals surface area (Å²) in [6, 6.07) is 12.7. The van der Waals surface area contributed by atoms with Gasteiger partial charge >= 0.3 is 5.97 Å². The third-order valence-corrected chi connectivity index (χ3v) is 8.07. The first-order valence-electron chi connectivity index (χ1n) is 8.94. The topological polar surface area (TPSA) is 80.7 Å². The van der Waals surface area contributed by atoms with Crippen molar-refractivity contribution in [1.82, 2.24) is 0 Å². The molecule has 0 spiro atoms. The van der Waals surface area contributed by atoms with Crippen molar-refractivity contribution in [2.75, 3.05) is 7.11 Å². The van der Waals surface area contributed by atoms with Crippen molar-refractivity contribution in [3.63, 3.8) is 0 Å². The second kappa shape index (κ2) is 8.00. The number of methoxy groups -OCH3 is 1. The van der Waals surface area contributed by atoms with Gasteiger partial charge in [0, 0.05) is 4.88 Å². The molecule has 0 aliphatic heterocycles. The summed E-state index contributed by atoms with van der Waals surface area (Å²) in [4.78, 5) is 12.8. The van der Waals surface area contributed by atoms with Gasteiger partial charge in [0.05, 0.1) is 17.8 Å². The van der Waals surface area contributed by atoms with Crippen LogP contribution in [0.25, 0.3) is 10.4 Å². The van der Waals surface area contributed by atoms with Crippen LogP contribution in [0.4, 0.5) is 0 Å². The zero-order valence-electron chi connectivity index (χ0n) is 16.6. The first-order valence-corrected chi connectivity index (χ1v) is 11.4. The Morgan fingerprint density at radius 3 is 2.31 bits per heavy atom. The minimum atomic E-state index is -3.76. The molecule has 3 aromatic rings. The van der Waals surface area contributed by atoms with Gasteiger partial charge in [-0.1, -0.05) is 30.3 Å². The molecule has 0 radical (unpaired) electrons. The van der Waals surface area contributed by atoms with Crippen LogP contribution in [0.15, 0.2) is 47.4 Å². The van der Waals surface area contributed by atoms with Crippen molar-refractivity contribution in [3.05, 3.63) is 69.6 Å². The number of aromatic carboxylic acids is 1. The van der Waals surface area contributed by atoms with Crippen LogP contribution in [-0.2, 0) is 15.6 Å². The maximum absolute atomic E-state index is 13.3. The largest absolute Gasteiger partial charge is 0.496 e. The quantitative estimate of drug-likeness (QED) is 0.594. The fraction of sp³-hybridized carbons (Fsp3) is 0.227. The number of hydrogen-bond donors (Lipinski definition) is 1. The SMILES string of the molecule is COc1cc(C)c(S(=O)(=O)Cc2cc(-c3ccccc3)sc2C(=O)O)c(C)c1C. The van der Waals surface area contributed by atoms with E-state index in [-0.39, 0.29) is 15.5 Å². The van der Waals surface area contributed by atoms with Crippen LogP contribution in [0.3, 0.4) is 0 Å². The van der Waals surface area contributed by atoms with Gasteiger partial charge in [-0.3, -0.25) is 0 Å². The highest BCUT2D eigenvalue weighted by Gasteiger charge is 2.27. The summed E-state index contributed by atoms with van der Waals surface area (Å²) in [6.07, 6.45) is 0. The lowest BCUT2D eigenvalue weighted by Gasteiger charge is -2.16. The van der Waals surface area contributed by atoms with Crippen molar-refractivity contribution < 1.29 is 23.1 Å². The molecule has 29 heavy (non-hydrogen) atoms. The van der Waals surface area contributed by atoms with Crippen LogP contribution < -0.4 is 4.74 Å². The third kappa shape index (κ3) is 4.06. The molecule has 0 fully saturated rings. The zero-order chi connectivity index (χ0) is 21.3. The van der Waals surface area contributed by atoms with Gasteiger partial charge in [0.25, 0.3) is 0 Å². The van der Waals surface area contributed by atoms with Crippen LogP contribution in [0.2, 0.25) is 0 Å². The highest BCUT2D eigenvalue weighted by Crippen LogP contribution is 2.36. The smallest absolute Gasteiger partial charge is 0.346 e. The summed E-state index contributed by atoms with van der Waals surface area (Å²) in [5, 5.41) is 9.61. The monoisotopic (exact) mass is 430 g/mol. The Bertz CT molecular complexity index is 1180. The number of aryl methyl sites for hydroxylation is 1. The van der Waals surface area contributed by atoms with E-state index in [1.165, 1.54) is 0 Å². The Kier molecular flexibility index (Phi) is 5.82. The van der Waals surface area contributed by atoms with Gasteiger partial charge in [-0.25, -0.2) is 13.2 Å². The van der Waals surface area contributed by atoms with E-state index in [1.807, 2.05) is 37.3 Å². The molecule has 152 valence electrons. The predicted octanol–water partition coefficient (Wildman–Crippen LogP) is 5.02. The fourth-order valence-corrected chi connectivity index (χ4v) is 6.52. The van der Waals surface area contributed by atoms with Gasteiger partial charge in [0.2, 0.25) is 0 Å². The third-order valence-electron chi connectivity index (χ3n) is 4.92. The van der Waals surface area contributed by atoms with Gasteiger partial charge in [0.1, 0.15) is 10.6 Å². The second-order valence-electron chi connectivity index (χ2n) is 6.87. The molecule has 0 saturated heterocycles. The number of sulfone groups is 1. The molecule has 0 amide bonds. The van der Waals surface area contributed by atoms with E-state index < -0.39 is 15.8 Å². The summed E-state index contributed by atoms with van der Waals surface area (Å²) in [6.45, 7) is 5.29. The van der Waals surface area contributed by atoms with Crippen LogP contribution in [0, 0.1) is 20.8 Å². The van der Waals surface area contributed by atoms with Crippen LogP contribution >= 0.6 is 11.3 Å². The van der Waals surface area contributed by atoms with E-state index in [1.54, 1.807) is 33.1 Å². The summed E-state index contributed by atoms with van der Waals surface area (Å²) in [5.74, 6) is -0.861. The number of benzene rings is 2. The number of carboxylic acids is 1. The Morgan fingerprint density at radius 2 is 1.72 bits per heavy atom. The second-order valence-corrected chi connectivity index (χ2v) is 9.85. The summed E-state index contributed by atoms with van der Waals surface area (Å²) < 4.78 is 31.9. The number of carboxylic acid groups (broad SMARTS) is 1. The lowest BCUT2D eigenvalue weighted by Crippen LogP contribution is -2.12. The van der Waals surface area contributed by atoms with E-state index >= 15 is 0 Å². The summed E-state index contributed by atoms with van der Waals surface area (Å²) in [7, 11) is -2.21. The van der Waals surface area contributed by atoms with Gasteiger partial charge in [-0.15, -0.1) is 11.3 Å². The number of ether oxygens (including phenoxy) is 1. The predicted molar refractivity (Wildman–Crippen MR) is 115 cm³/mol. The minimum absolute atomic E-state index is 0.0490. The zero-order valence-corrected chi connectivity index (χ0v) is 18.3. The fourth-order valence-electron chi connectivity index (χ4n) is 3.45. The molecule has 3 rings (SSSR count). The first-order chi connectivity index (χ1) is 13.7. The minimum Gasteiger partial charge on any atom is -0.496 e. The van der Waals surface area contributed by atoms with Gasteiger partial charge in [-0.05, 0) is 60.7 Å². The van der Waals surface area contributed by atoms with Crippen molar-refractivity contribution in [2.45, 2.75) is 31.4 Å². The van der Waals surface area contributed by atoms with Gasteiger partial charge in [-0.2, -0.15) is 0 Å². The molecule has 0 saturated carbocycles. The van der Waals surface area contributed by atoms with Crippen molar-refractivity contribution in [3.8, 4) is 16.2 Å².